The minimum atomic E-state index is -1.78. The van der Waals surface area contributed by atoms with Gasteiger partial charge in [-0.15, -0.1) is 0 Å². The molecular weight excluding hydrogens is 152 g/mol. The summed E-state index contributed by atoms with van der Waals surface area (Å²) in [6.07, 6.45) is -1.41. The fourth-order valence-electron chi connectivity index (χ4n) is 0.684. The molecule has 0 saturated carbocycles. The molecule has 0 bridgehead atoms. The molecule has 5 nitrogen and oxygen atoms in total. The van der Waals surface area contributed by atoms with Gasteiger partial charge in [-0.2, -0.15) is 0 Å². The van der Waals surface area contributed by atoms with Gasteiger partial charge in [0.1, 0.15) is 0 Å². The second-order valence-electron chi connectivity index (χ2n) is 2.59. The highest BCUT2D eigenvalue weighted by molar-refractivity contribution is 5.70. The van der Waals surface area contributed by atoms with Crippen LogP contribution in [-0.2, 0) is 9.59 Å². The molecule has 64 valence electrons. The van der Waals surface area contributed by atoms with E-state index >= 15 is 0 Å². The zero-order valence-corrected chi connectivity index (χ0v) is 5.99. The third-order valence-corrected chi connectivity index (χ3v) is 1.05. The van der Waals surface area contributed by atoms with Crippen LogP contribution >= 0.6 is 0 Å². The van der Waals surface area contributed by atoms with Crippen molar-refractivity contribution in [2.24, 2.45) is 0 Å². The molecule has 0 amide bonds. The lowest BCUT2D eigenvalue weighted by Gasteiger charge is -2.23. The Morgan fingerprint density at radius 2 is 1.55 bits per heavy atom. The molecule has 1 N–H and O–H groups in total. The molecule has 0 unspecified atom stereocenters. The van der Waals surface area contributed by atoms with E-state index in [-0.39, 0.29) is 0 Å². The van der Waals surface area contributed by atoms with Gasteiger partial charge in [-0.05, 0) is 6.92 Å². The Morgan fingerprint density at radius 1 is 1.27 bits per heavy atom. The van der Waals surface area contributed by atoms with Gasteiger partial charge in [-0.25, -0.2) is 0 Å². The van der Waals surface area contributed by atoms with Crippen LogP contribution in [0.25, 0.3) is 0 Å². The largest absolute Gasteiger partial charge is 0.550 e. The van der Waals surface area contributed by atoms with Crippen molar-refractivity contribution < 1.29 is 24.9 Å². The van der Waals surface area contributed by atoms with Gasteiger partial charge in [0.25, 0.3) is 0 Å². The molecule has 0 aromatic heterocycles. The third-order valence-electron chi connectivity index (χ3n) is 1.05. The Bertz CT molecular complexity index is 154. The lowest BCUT2D eigenvalue weighted by Crippen LogP contribution is -2.40. The lowest BCUT2D eigenvalue weighted by atomic mass is 9.99. The number of hydrogen-bond donors (Lipinski definition) is 1. The van der Waals surface area contributed by atoms with Crippen molar-refractivity contribution in [3.63, 3.8) is 0 Å². The van der Waals surface area contributed by atoms with Gasteiger partial charge in [0.15, 0.2) is 0 Å². The average Bonchev–Trinajstić information content (AvgIpc) is 1.53. The summed E-state index contributed by atoms with van der Waals surface area (Å²) >= 11 is 0. The molecule has 0 radical (unpaired) electrons. The van der Waals surface area contributed by atoms with Gasteiger partial charge in [-0.1, -0.05) is 0 Å². The first-order chi connectivity index (χ1) is 4.83. The molecule has 0 rings (SSSR count). The predicted octanol–water partition coefficient (Wildman–Crippen LogP) is -2.98. The van der Waals surface area contributed by atoms with E-state index in [0.29, 0.717) is 0 Å². The predicted molar refractivity (Wildman–Crippen MR) is 29.9 cm³/mol. The number of aliphatic carboxylic acids is 2. The van der Waals surface area contributed by atoms with Crippen molar-refractivity contribution >= 4 is 11.9 Å². The van der Waals surface area contributed by atoms with Crippen molar-refractivity contribution in [3.8, 4) is 0 Å². The van der Waals surface area contributed by atoms with Crippen molar-refractivity contribution in [1.82, 2.24) is 0 Å². The van der Waals surface area contributed by atoms with Crippen molar-refractivity contribution in [3.05, 3.63) is 0 Å². The normalized spacial score (nSPS) is 11.1. The number of carboxylic acids is 2. The molecule has 0 atom stereocenters. The van der Waals surface area contributed by atoms with E-state index in [2.05, 4.69) is 0 Å². The SMILES string of the molecule is CC(O)(CC(=O)[O-])CC(=O)[O-]. The standard InChI is InChI=1S/C6H10O5/c1-6(11,2-4(7)8)3-5(9)10/h11H,2-3H2,1H3,(H,7,8)(H,9,10)/p-2. The van der Waals surface area contributed by atoms with Crippen LogP contribution in [0.3, 0.4) is 0 Å². The molecular formula is C6H8O5-2. The zero-order chi connectivity index (χ0) is 9.07. The van der Waals surface area contributed by atoms with Gasteiger partial charge in [-0.3, -0.25) is 0 Å². The fraction of sp³-hybridized carbons (Fsp3) is 0.667. The van der Waals surface area contributed by atoms with Crippen LogP contribution in [0.15, 0.2) is 0 Å². The van der Waals surface area contributed by atoms with E-state index in [9.17, 15) is 19.8 Å². The first-order valence-corrected chi connectivity index (χ1v) is 2.95. The molecule has 0 aromatic carbocycles. The maximum Gasteiger partial charge on any atom is 0.0723 e. The summed E-state index contributed by atoms with van der Waals surface area (Å²) in [5.74, 6) is -2.98. The van der Waals surface area contributed by atoms with Crippen LogP contribution in [-0.4, -0.2) is 22.6 Å². The Hall–Kier alpha value is -1.10. The van der Waals surface area contributed by atoms with Gasteiger partial charge in [0.05, 0.1) is 5.60 Å². The van der Waals surface area contributed by atoms with Crippen LogP contribution in [0.5, 0.6) is 0 Å². The average molecular weight is 160 g/mol. The summed E-state index contributed by atoms with van der Waals surface area (Å²) in [5.41, 5.74) is -1.78. The molecule has 0 saturated heterocycles. The summed E-state index contributed by atoms with van der Waals surface area (Å²) in [5, 5.41) is 28.8. The number of carbonyl (C=O) groups excluding carboxylic acids is 2. The smallest absolute Gasteiger partial charge is 0.0723 e. The van der Waals surface area contributed by atoms with E-state index in [1.165, 1.54) is 0 Å². The van der Waals surface area contributed by atoms with Gasteiger partial charge >= 0.3 is 0 Å². The Balaban J connectivity index is 3.99. The Morgan fingerprint density at radius 3 is 1.73 bits per heavy atom. The molecule has 11 heavy (non-hydrogen) atoms. The Kier molecular flexibility index (Phi) is 3.00. The number of carbonyl (C=O) groups is 2. The zero-order valence-electron chi connectivity index (χ0n) is 5.99. The summed E-state index contributed by atoms with van der Waals surface area (Å²) in [7, 11) is 0. The fourth-order valence-corrected chi connectivity index (χ4v) is 0.684. The lowest BCUT2D eigenvalue weighted by molar-refractivity contribution is -0.314. The van der Waals surface area contributed by atoms with Crippen LogP contribution in [0.4, 0.5) is 0 Å². The summed E-state index contributed by atoms with van der Waals surface area (Å²) < 4.78 is 0. The van der Waals surface area contributed by atoms with Gasteiger partial charge in [0.2, 0.25) is 0 Å². The number of aliphatic hydroxyl groups is 1. The van der Waals surface area contributed by atoms with Crippen LogP contribution in [0.1, 0.15) is 19.8 Å². The first-order valence-electron chi connectivity index (χ1n) is 2.95. The Labute approximate surface area is 63.3 Å². The molecule has 0 fully saturated rings. The van der Waals surface area contributed by atoms with E-state index in [1.807, 2.05) is 0 Å². The highest BCUT2D eigenvalue weighted by Crippen LogP contribution is 2.12. The van der Waals surface area contributed by atoms with E-state index in [1.54, 1.807) is 0 Å². The minimum Gasteiger partial charge on any atom is -0.550 e. The van der Waals surface area contributed by atoms with E-state index in [0.717, 1.165) is 6.92 Å². The van der Waals surface area contributed by atoms with E-state index in [4.69, 9.17) is 5.11 Å². The van der Waals surface area contributed by atoms with Gasteiger partial charge in [0, 0.05) is 24.8 Å². The molecule has 0 aliphatic heterocycles. The van der Waals surface area contributed by atoms with Gasteiger partial charge < -0.3 is 24.9 Å². The maximum absolute atomic E-state index is 9.91. The molecule has 0 heterocycles. The topological polar surface area (TPSA) is 100 Å². The summed E-state index contributed by atoms with van der Waals surface area (Å²) in [4.78, 5) is 19.8. The highest BCUT2D eigenvalue weighted by Gasteiger charge is 2.20. The minimum absolute atomic E-state index is 0.707. The van der Waals surface area contributed by atoms with Crippen LogP contribution in [0.2, 0.25) is 0 Å². The molecule has 0 aliphatic rings. The monoisotopic (exact) mass is 160 g/mol. The third kappa shape index (κ3) is 5.35. The molecule has 5 heteroatoms. The number of carboxylic acid groups (broad SMARTS) is 2. The van der Waals surface area contributed by atoms with Crippen LogP contribution in [0, 0.1) is 0 Å². The maximum atomic E-state index is 9.91. The summed E-state index contributed by atoms with van der Waals surface area (Å²) in [6, 6.07) is 0. The summed E-state index contributed by atoms with van der Waals surface area (Å²) in [6.45, 7) is 1.10. The molecule has 0 aromatic rings. The van der Waals surface area contributed by atoms with E-state index < -0.39 is 30.4 Å². The quantitative estimate of drug-likeness (QED) is 0.472. The second kappa shape index (κ2) is 3.34. The highest BCUT2D eigenvalue weighted by atomic mass is 16.4. The van der Waals surface area contributed by atoms with Crippen LogP contribution < -0.4 is 10.2 Å². The molecule has 0 aliphatic carbocycles. The van der Waals surface area contributed by atoms with Crippen molar-refractivity contribution in [2.75, 3.05) is 0 Å². The van der Waals surface area contributed by atoms with Crippen molar-refractivity contribution in [1.29, 1.82) is 0 Å². The number of hydrogen-bond acceptors (Lipinski definition) is 5. The first kappa shape index (κ1) is 9.90. The second-order valence-corrected chi connectivity index (χ2v) is 2.59. The van der Waals surface area contributed by atoms with Crippen molar-refractivity contribution in [2.45, 2.75) is 25.4 Å². The molecule has 0 spiro atoms. The number of rotatable bonds is 4.